The van der Waals surface area contributed by atoms with E-state index in [-0.39, 0.29) is 5.91 Å². The van der Waals surface area contributed by atoms with E-state index in [0.29, 0.717) is 0 Å². The highest BCUT2D eigenvalue weighted by Gasteiger charge is 2.26. The number of rotatable bonds is 1. The molecule has 2 nitrogen and oxygen atoms in total. The Morgan fingerprint density at radius 3 is 2.74 bits per heavy atom. The van der Waals surface area contributed by atoms with Crippen molar-refractivity contribution < 1.29 is 4.79 Å². The van der Waals surface area contributed by atoms with Gasteiger partial charge in [0.15, 0.2) is 0 Å². The van der Waals surface area contributed by atoms with Gasteiger partial charge in [-0.1, -0.05) is 24.3 Å². The number of aryl methyl sites for hydroxylation is 1. The molecule has 1 aliphatic rings. The van der Waals surface area contributed by atoms with Crippen LogP contribution in [0.5, 0.6) is 0 Å². The third-order valence-electron chi connectivity index (χ3n) is 3.49. The van der Waals surface area contributed by atoms with Crippen LogP contribution in [0.2, 0.25) is 0 Å². The second kappa shape index (κ2) is 4.82. The Labute approximate surface area is 121 Å². The average Bonchev–Trinajstić information content (AvgIpc) is 2.41. The van der Waals surface area contributed by atoms with E-state index in [1.807, 2.05) is 54.3 Å². The molecule has 1 aliphatic heterocycles. The Morgan fingerprint density at radius 1 is 1.16 bits per heavy atom. The third-order valence-corrected chi connectivity index (χ3v) is 4.13. The number of hydrogen-bond donors (Lipinski definition) is 0. The maximum atomic E-state index is 12.6. The zero-order valence-corrected chi connectivity index (χ0v) is 12.3. The predicted octanol–water partition coefficient (Wildman–Crippen LogP) is 3.96. The van der Waals surface area contributed by atoms with Crippen molar-refractivity contribution in [1.82, 2.24) is 0 Å². The van der Waals surface area contributed by atoms with Crippen LogP contribution in [0, 0.1) is 6.92 Å². The fourth-order valence-electron chi connectivity index (χ4n) is 2.49. The lowest BCUT2D eigenvalue weighted by Gasteiger charge is -2.29. The molecule has 0 saturated carbocycles. The fraction of sp³-hybridized carbons (Fsp3) is 0.188. The summed E-state index contributed by atoms with van der Waals surface area (Å²) in [5.74, 6) is 0.0893. The highest BCUT2D eigenvalue weighted by atomic mass is 79.9. The van der Waals surface area contributed by atoms with E-state index in [1.165, 1.54) is 5.56 Å². The summed E-state index contributed by atoms with van der Waals surface area (Å²) in [4.78, 5) is 14.4. The molecule has 0 fully saturated rings. The third kappa shape index (κ3) is 2.19. The molecule has 0 radical (unpaired) electrons. The molecule has 0 saturated heterocycles. The van der Waals surface area contributed by atoms with Crippen LogP contribution >= 0.6 is 15.9 Å². The Kier molecular flexibility index (Phi) is 3.15. The Morgan fingerprint density at radius 2 is 1.95 bits per heavy atom. The minimum Gasteiger partial charge on any atom is -0.307 e. The summed E-state index contributed by atoms with van der Waals surface area (Å²) in [6, 6.07) is 13.9. The van der Waals surface area contributed by atoms with Crippen molar-refractivity contribution in [3.63, 3.8) is 0 Å². The van der Waals surface area contributed by atoms with Gasteiger partial charge in [0.05, 0.1) is 5.69 Å². The van der Waals surface area contributed by atoms with Gasteiger partial charge >= 0.3 is 0 Å². The van der Waals surface area contributed by atoms with Crippen molar-refractivity contribution in [2.75, 3.05) is 11.4 Å². The molecule has 0 spiro atoms. The number of nitrogens with zero attached hydrogens (tertiary/aromatic N) is 1. The second-order valence-corrected chi connectivity index (χ2v) is 5.67. The molecular weight excluding hydrogens is 302 g/mol. The number of amides is 1. The first kappa shape index (κ1) is 12.4. The highest BCUT2D eigenvalue weighted by Crippen LogP contribution is 2.31. The summed E-state index contributed by atoms with van der Waals surface area (Å²) < 4.78 is 0.972. The lowest BCUT2D eigenvalue weighted by atomic mass is 9.98. The lowest BCUT2D eigenvalue weighted by molar-refractivity contribution is 0.0980. The quantitative estimate of drug-likeness (QED) is 0.780. The summed E-state index contributed by atoms with van der Waals surface area (Å²) in [6.07, 6.45) is 0.905. The summed E-state index contributed by atoms with van der Waals surface area (Å²) in [5, 5.41) is 0. The number of halogens is 1. The zero-order valence-electron chi connectivity index (χ0n) is 10.7. The van der Waals surface area contributed by atoms with Gasteiger partial charge in [-0.25, -0.2) is 0 Å². The molecule has 0 unspecified atom stereocenters. The Balaban J connectivity index is 2.02. The minimum atomic E-state index is 0.0893. The summed E-state index contributed by atoms with van der Waals surface area (Å²) >= 11 is 3.56. The van der Waals surface area contributed by atoms with Crippen molar-refractivity contribution in [3.05, 3.63) is 63.6 Å². The van der Waals surface area contributed by atoms with Gasteiger partial charge < -0.3 is 4.90 Å². The van der Waals surface area contributed by atoms with E-state index < -0.39 is 0 Å². The molecule has 2 aromatic carbocycles. The van der Waals surface area contributed by atoms with Gasteiger partial charge in [0.1, 0.15) is 0 Å². The van der Waals surface area contributed by atoms with Gasteiger partial charge in [0.2, 0.25) is 0 Å². The summed E-state index contributed by atoms with van der Waals surface area (Å²) in [5.41, 5.74) is 4.10. The number of benzene rings is 2. The smallest absolute Gasteiger partial charge is 0.258 e. The molecule has 96 valence electrons. The summed E-state index contributed by atoms with van der Waals surface area (Å²) in [7, 11) is 0. The Bertz CT molecular complexity index is 651. The normalized spacial score (nSPS) is 14.4. The second-order valence-electron chi connectivity index (χ2n) is 4.82. The van der Waals surface area contributed by atoms with Crippen molar-refractivity contribution in [2.24, 2.45) is 0 Å². The average molecular weight is 316 g/mol. The molecule has 0 aromatic heterocycles. The van der Waals surface area contributed by atoms with Gasteiger partial charge in [0.25, 0.3) is 5.91 Å². The van der Waals surface area contributed by atoms with Crippen LogP contribution in [-0.2, 0) is 6.42 Å². The van der Waals surface area contributed by atoms with Crippen molar-refractivity contribution in [1.29, 1.82) is 0 Å². The molecule has 19 heavy (non-hydrogen) atoms. The number of anilines is 1. The molecular formula is C16H14BrNO. The standard InChI is InChI=1S/C16H14BrNO/c1-11-6-7-15(14(17)10-11)18-9-8-12-4-2-3-5-13(12)16(18)19/h2-7,10H,8-9H2,1H3. The van der Waals surface area contributed by atoms with Crippen LogP contribution in [-0.4, -0.2) is 12.5 Å². The first-order chi connectivity index (χ1) is 9.16. The van der Waals surface area contributed by atoms with E-state index in [1.54, 1.807) is 0 Å². The maximum Gasteiger partial charge on any atom is 0.258 e. The van der Waals surface area contributed by atoms with Crippen LogP contribution in [0.15, 0.2) is 46.9 Å². The zero-order chi connectivity index (χ0) is 13.4. The van der Waals surface area contributed by atoms with Crippen LogP contribution in [0.4, 0.5) is 5.69 Å². The molecule has 1 heterocycles. The molecule has 0 aliphatic carbocycles. The van der Waals surface area contributed by atoms with Crippen LogP contribution in [0.25, 0.3) is 0 Å². The molecule has 3 rings (SSSR count). The van der Waals surface area contributed by atoms with E-state index >= 15 is 0 Å². The van der Waals surface area contributed by atoms with Crippen molar-refractivity contribution in [3.8, 4) is 0 Å². The van der Waals surface area contributed by atoms with E-state index in [0.717, 1.165) is 34.3 Å². The van der Waals surface area contributed by atoms with Crippen LogP contribution < -0.4 is 4.90 Å². The number of fused-ring (bicyclic) bond motifs is 1. The van der Waals surface area contributed by atoms with Crippen molar-refractivity contribution in [2.45, 2.75) is 13.3 Å². The first-order valence-electron chi connectivity index (χ1n) is 6.33. The minimum absolute atomic E-state index is 0.0893. The fourth-order valence-corrected chi connectivity index (χ4v) is 3.19. The predicted molar refractivity (Wildman–Crippen MR) is 80.7 cm³/mol. The Hall–Kier alpha value is -1.61. The number of hydrogen-bond acceptors (Lipinski definition) is 1. The summed E-state index contributed by atoms with van der Waals surface area (Å²) in [6.45, 7) is 2.78. The van der Waals surface area contributed by atoms with Gasteiger partial charge in [-0.3, -0.25) is 4.79 Å². The molecule has 1 amide bonds. The lowest BCUT2D eigenvalue weighted by Crippen LogP contribution is -2.37. The van der Waals surface area contributed by atoms with E-state index in [2.05, 4.69) is 15.9 Å². The largest absolute Gasteiger partial charge is 0.307 e. The van der Waals surface area contributed by atoms with Gasteiger partial charge in [0, 0.05) is 16.6 Å². The van der Waals surface area contributed by atoms with Gasteiger partial charge in [-0.15, -0.1) is 0 Å². The topological polar surface area (TPSA) is 20.3 Å². The monoisotopic (exact) mass is 315 g/mol. The molecule has 3 heteroatoms. The van der Waals surface area contributed by atoms with Crippen LogP contribution in [0.3, 0.4) is 0 Å². The SMILES string of the molecule is Cc1ccc(N2CCc3ccccc3C2=O)c(Br)c1. The maximum absolute atomic E-state index is 12.6. The highest BCUT2D eigenvalue weighted by molar-refractivity contribution is 9.10. The number of carbonyl (C=O) groups is 1. The van der Waals surface area contributed by atoms with Crippen LogP contribution in [0.1, 0.15) is 21.5 Å². The first-order valence-corrected chi connectivity index (χ1v) is 7.12. The molecule has 0 N–H and O–H groups in total. The molecule has 0 bridgehead atoms. The number of carbonyl (C=O) groups excluding carboxylic acids is 1. The van der Waals surface area contributed by atoms with Crippen molar-refractivity contribution >= 4 is 27.5 Å². The molecule has 2 aromatic rings. The van der Waals surface area contributed by atoms with Gasteiger partial charge in [-0.05, 0) is 58.6 Å². The van der Waals surface area contributed by atoms with Gasteiger partial charge in [-0.2, -0.15) is 0 Å². The molecule has 0 atom stereocenters. The van der Waals surface area contributed by atoms with E-state index in [9.17, 15) is 4.79 Å². The van der Waals surface area contributed by atoms with E-state index in [4.69, 9.17) is 0 Å².